The van der Waals surface area contributed by atoms with Crippen LogP contribution in [0, 0.1) is 0 Å². The number of likely N-dealkylation sites (N-methyl/N-ethyl adjacent to an activating group) is 1. The molecule has 2 aliphatic rings. The maximum atomic E-state index is 12.5. The second-order valence-electron chi connectivity index (χ2n) is 8.71. The summed E-state index contributed by atoms with van der Waals surface area (Å²) in [6, 6.07) is 8.83. The van der Waals surface area contributed by atoms with Gasteiger partial charge >= 0.3 is 5.91 Å². The minimum atomic E-state index is -0.267. The first kappa shape index (κ1) is 21.0. The fourth-order valence-corrected chi connectivity index (χ4v) is 4.02. The smallest absolute Gasteiger partial charge is 0.307 e. The van der Waals surface area contributed by atoms with Crippen LogP contribution >= 0.6 is 0 Å². The molecule has 4 rings (SSSR count). The molecule has 1 aromatic carbocycles. The zero-order chi connectivity index (χ0) is 21.1. The second kappa shape index (κ2) is 9.29. The van der Waals surface area contributed by atoms with E-state index in [0.717, 1.165) is 44.1 Å². The van der Waals surface area contributed by atoms with Gasteiger partial charge in [-0.05, 0) is 24.1 Å². The highest BCUT2D eigenvalue weighted by Gasteiger charge is 2.26. The minimum absolute atomic E-state index is 0.00913. The van der Waals surface area contributed by atoms with Gasteiger partial charge in [-0.25, -0.2) is 4.98 Å². The number of benzene rings is 1. The first-order chi connectivity index (χ1) is 14.5. The SMILES string of the molecule is CC(C)c1ccc(CN2CCc3oc(C(=O)NCC4CN(C)CCO4)nc3C2)cc1. The molecule has 2 aliphatic heterocycles. The number of ether oxygens (including phenoxy) is 1. The lowest BCUT2D eigenvalue weighted by Crippen LogP contribution is -2.45. The molecule has 3 heterocycles. The summed E-state index contributed by atoms with van der Waals surface area (Å²) in [5, 5.41) is 2.90. The van der Waals surface area contributed by atoms with E-state index in [0.29, 0.717) is 25.6 Å². The fourth-order valence-electron chi connectivity index (χ4n) is 4.02. The first-order valence-electron chi connectivity index (χ1n) is 10.9. The number of oxazole rings is 1. The van der Waals surface area contributed by atoms with Crippen LogP contribution in [0.25, 0.3) is 0 Å². The normalized spacial score (nSPS) is 20.3. The zero-order valence-corrected chi connectivity index (χ0v) is 18.2. The number of carbonyl (C=O) groups is 1. The molecule has 1 saturated heterocycles. The molecule has 1 N–H and O–H groups in total. The molecule has 2 aromatic rings. The third-order valence-electron chi connectivity index (χ3n) is 5.89. The molecule has 7 heteroatoms. The summed E-state index contributed by atoms with van der Waals surface area (Å²) < 4.78 is 11.5. The van der Waals surface area contributed by atoms with Crippen molar-refractivity contribution < 1.29 is 13.9 Å². The van der Waals surface area contributed by atoms with E-state index < -0.39 is 0 Å². The van der Waals surface area contributed by atoms with E-state index >= 15 is 0 Å². The Bertz CT molecular complexity index is 862. The number of aromatic nitrogens is 1. The number of nitrogens with zero attached hydrogens (tertiary/aromatic N) is 3. The number of carbonyl (C=O) groups excluding carboxylic acids is 1. The van der Waals surface area contributed by atoms with Gasteiger partial charge in [0.05, 0.1) is 18.4 Å². The standard InChI is InChI=1S/C23H32N4O3/c1-16(2)18-6-4-17(5-7-18)13-27-9-8-21-20(15-27)25-23(30-21)22(28)24-12-19-14-26(3)10-11-29-19/h4-7,16,19H,8-15H2,1-3H3,(H,24,28). The van der Waals surface area contributed by atoms with E-state index in [1.807, 2.05) is 0 Å². The maximum Gasteiger partial charge on any atom is 0.307 e. The van der Waals surface area contributed by atoms with E-state index in [1.54, 1.807) is 0 Å². The molecule has 1 unspecified atom stereocenters. The van der Waals surface area contributed by atoms with Crippen LogP contribution < -0.4 is 5.32 Å². The van der Waals surface area contributed by atoms with Gasteiger partial charge in [-0.1, -0.05) is 38.1 Å². The highest BCUT2D eigenvalue weighted by atomic mass is 16.5. The predicted octanol–water partition coefficient (Wildman–Crippen LogP) is 2.42. The molecule has 1 fully saturated rings. The van der Waals surface area contributed by atoms with Crippen molar-refractivity contribution in [1.82, 2.24) is 20.1 Å². The average Bonchev–Trinajstić information content (AvgIpc) is 3.16. The van der Waals surface area contributed by atoms with Gasteiger partial charge in [0.15, 0.2) is 0 Å². The van der Waals surface area contributed by atoms with Crippen LogP contribution in [-0.2, 0) is 24.2 Å². The number of amides is 1. The summed E-state index contributed by atoms with van der Waals surface area (Å²) in [5.74, 6) is 1.27. The summed E-state index contributed by atoms with van der Waals surface area (Å²) in [7, 11) is 2.06. The van der Waals surface area contributed by atoms with Gasteiger partial charge in [0, 0.05) is 45.7 Å². The van der Waals surface area contributed by atoms with Crippen LogP contribution in [0.2, 0.25) is 0 Å². The molecular formula is C23H32N4O3. The Labute approximate surface area is 178 Å². The third kappa shape index (κ3) is 5.09. The van der Waals surface area contributed by atoms with Crippen molar-refractivity contribution in [3.63, 3.8) is 0 Å². The summed E-state index contributed by atoms with van der Waals surface area (Å²) in [6.07, 6.45) is 0.783. The van der Waals surface area contributed by atoms with Gasteiger partial charge in [-0.3, -0.25) is 9.69 Å². The Balaban J connectivity index is 1.32. The molecule has 0 aliphatic carbocycles. The maximum absolute atomic E-state index is 12.5. The van der Waals surface area contributed by atoms with Gasteiger partial charge in [0.1, 0.15) is 5.76 Å². The number of hydrogen-bond donors (Lipinski definition) is 1. The number of nitrogens with one attached hydrogen (secondary N) is 1. The lowest BCUT2D eigenvalue weighted by atomic mass is 10.0. The largest absolute Gasteiger partial charge is 0.437 e. The highest BCUT2D eigenvalue weighted by Crippen LogP contribution is 2.22. The number of morpholine rings is 1. The lowest BCUT2D eigenvalue weighted by Gasteiger charge is -2.29. The van der Waals surface area contributed by atoms with Gasteiger partial charge in [0.25, 0.3) is 5.89 Å². The Morgan fingerprint density at radius 3 is 2.80 bits per heavy atom. The van der Waals surface area contributed by atoms with Gasteiger partial charge in [-0.2, -0.15) is 0 Å². The van der Waals surface area contributed by atoms with E-state index in [4.69, 9.17) is 9.15 Å². The average molecular weight is 413 g/mol. The second-order valence-corrected chi connectivity index (χ2v) is 8.71. The fraction of sp³-hybridized carbons (Fsp3) is 0.565. The third-order valence-corrected chi connectivity index (χ3v) is 5.89. The molecule has 1 atom stereocenters. The predicted molar refractivity (Wildman–Crippen MR) is 114 cm³/mol. The highest BCUT2D eigenvalue weighted by molar-refractivity contribution is 5.89. The van der Waals surface area contributed by atoms with Crippen molar-refractivity contribution in [1.29, 1.82) is 0 Å². The van der Waals surface area contributed by atoms with Crippen molar-refractivity contribution in [3.8, 4) is 0 Å². The molecule has 0 spiro atoms. The summed E-state index contributed by atoms with van der Waals surface area (Å²) >= 11 is 0. The number of rotatable bonds is 6. The van der Waals surface area contributed by atoms with Crippen molar-refractivity contribution >= 4 is 5.91 Å². The van der Waals surface area contributed by atoms with Crippen LogP contribution in [-0.4, -0.2) is 66.6 Å². The van der Waals surface area contributed by atoms with Crippen molar-refractivity contribution in [2.75, 3.05) is 39.8 Å². The molecule has 1 amide bonds. The Kier molecular flexibility index (Phi) is 6.51. The molecule has 0 bridgehead atoms. The van der Waals surface area contributed by atoms with Crippen LogP contribution in [0.3, 0.4) is 0 Å². The van der Waals surface area contributed by atoms with Gasteiger partial charge in [-0.15, -0.1) is 0 Å². The van der Waals surface area contributed by atoms with Crippen LogP contribution in [0.5, 0.6) is 0 Å². The van der Waals surface area contributed by atoms with Crippen molar-refractivity contribution in [2.24, 2.45) is 0 Å². The number of fused-ring (bicyclic) bond motifs is 1. The topological polar surface area (TPSA) is 70.8 Å². The van der Waals surface area contributed by atoms with Crippen molar-refractivity contribution in [3.05, 3.63) is 52.7 Å². The Morgan fingerprint density at radius 2 is 2.07 bits per heavy atom. The minimum Gasteiger partial charge on any atom is -0.437 e. The molecular weight excluding hydrogens is 380 g/mol. The molecule has 7 nitrogen and oxygen atoms in total. The molecule has 0 saturated carbocycles. The summed E-state index contributed by atoms with van der Waals surface area (Å²) in [6.45, 7) is 9.80. The summed E-state index contributed by atoms with van der Waals surface area (Å²) in [5.41, 5.74) is 3.53. The van der Waals surface area contributed by atoms with Crippen molar-refractivity contribution in [2.45, 2.75) is 45.4 Å². The molecule has 162 valence electrons. The lowest BCUT2D eigenvalue weighted by molar-refractivity contribution is -0.0176. The van der Waals surface area contributed by atoms with E-state index in [-0.39, 0.29) is 17.9 Å². The van der Waals surface area contributed by atoms with E-state index in [9.17, 15) is 4.79 Å². The molecule has 1 aromatic heterocycles. The number of hydrogen-bond acceptors (Lipinski definition) is 6. The van der Waals surface area contributed by atoms with Crippen LogP contribution in [0.15, 0.2) is 28.7 Å². The van der Waals surface area contributed by atoms with E-state index in [2.05, 4.69) is 65.3 Å². The Morgan fingerprint density at radius 1 is 1.27 bits per heavy atom. The molecule has 30 heavy (non-hydrogen) atoms. The van der Waals surface area contributed by atoms with Gasteiger partial charge in [0.2, 0.25) is 0 Å². The van der Waals surface area contributed by atoms with Crippen LogP contribution in [0.4, 0.5) is 0 Å². The first-order valence-corrected chi connectivity index (χ1v) is 10.9. The summed E-state index contributed by atoms with van der Waals surface area (Å²) in [4.78, 5) is 21.5. The van der Waals surface area contributed by atoms with E-state index in [1.165, 1.54) is 11.1 Å². The van der Waals surface area contributed by atoms with Crippen LogP contribution in [0.1, 0.15) is 53.0 Å². The quantitative estimate of drug-likeness (QED) is 0.786. The zero-order valence-electron chi connectivity index (χ0n) is 18.2. The monoisotopic (exact) mass is 412 g/mol. The van der Waals surface area contributed by atoms with Gasteiger partial charge < -0.3 is 19.4 Å². The molecule has 0 radical (unpaired) electrons. The Hall–Kier alpha value is -2.22.